The van der Waals surface area contributed by atoms with Crippen molar-refractivity contribution < 1.29 is 19.1 Å². The number of esters is 1. The standard InChI is InChI=1S/C32H32N2O4/c1-2-23-16-18-27(19-17-23)37-22-30(36)38-21-29(35)34-32(25-12-7-4-8-13-25)28-15-9-14-26(31(28)33-34)20-24-10-5-3-6-11-24/h3-8,10-13,16-20,28,32H,2,9,14-15,21-22H2,1H3. The molecule has 1 heterocycles. The lowest BCUT2D eigenvalue weighted by Gasteiger charge is -2.29. The van der Waals surface area contributed by atoms with Crippen molar-refractivity contribution in [2.45, 2.75) is 38.6 Å². The molecule has 0 N–H and O–H groups in total. The van der Waals surface area contributed by atoms with E-state index < -0.39 is 5.97 Å². The van der Waals surface area contributed by atoms with Gasteiger partial charge in [-0.1, -0.05) is 79.7 Å². The van der Waals surface area contributed by atoms with Gasteiger partial charge < -0.3 is 9.47 Å². The van der Waals surface area contributed by atoms with Gasteiger partial charge in [0, 0.05) is 5.92 Å². The Morgan fingerprint density at radius 2 is 1.66 bits per heavy atom. The molecule has 1 aliphatic heterocycles. The average Bonchev–Trinajstić information content (AvgIpc) is 3.37. The van der Waals surface area contributed by atoms with Gasteiger partial charge in [-0.2, -0.15) is 5.10 Å². The molecule has 3 aromatic carbocycles. The molecule has 6 heteroatoms. The molecule has 0 bridgehead atoms. The van der Waals surface area contributed by atoms with Crippen LogP contribution in [-0.4, -0.2) is 35.8 Å². The Bertz CT molecular complexity index is 1320. The van der Waals surface area contributed by atoms with Crippen molar-refractivity contribution in [3.05, 3.63) is 107 Å². The molecule has 6 nitrogen and oxygen atoms in total. The SMILES string of the molecule is CCc1ccc(OCC(=O)OCC(=O)N2N=C3C(=Cc4ccccc4)CCCC3C2c2ccccc2)cc1. The predicted octanol–water partition coefficient (Wildman–Crippen LogP) is 5.99. The monoisotopic (exact) mass is 508 g/mol. The van der Waals surface area contributed by atoms with Gasteiger partial charge >= 0.3 is 5.97 Å². The largest absolute Gasteiger partial charge is 0.482 e. The summed E-state index contributed by atoms with van der Waals surface area (Å²) < 4.78 is 10.8. The maximum absolute atomic E-state index is 13.4. The average molecular weight is 509 g/mol. The molecule has 1 saturated carbocycles. The van der Waals surface area contributed by atoms with Gasteiger partial charge in [-0.05, 0) is 66.2 Å². The second-order valence-corrected chi connectivity index (χ2v) is 9.60. The Morgan fingerprint density at radius 1 is 0.947 bits per heavy atom. The van der Waals surface area contributed by atoms with Gasteiger partial charge in [0.25, 0.3) is 5.91 Å². The summed E-state index contributed by atoms with van der Waals surface area (Å²) >= 11 is 0. The van der Waals surface area contributed by atoms with Crippen LogP contribution in [0.3, 0.4) is 0 Å². The van der Waals surface area contributed by atoms with Crippen LogP contribution in [0.5, 0.6) is 5.75 Å². The molecule has 38 heavy (non-hydrogen) atoms. The summed E-state index contributed by atoms with van der Waals surface area (Å²) in [6.45, 7) is 1.43. The summed E-state index contributed by atoms with van der Waals surface area (Å²) in [6.07, 6.45) is 5.99. The van der Waals surface area contributed by atoms with E-state index in [2.05, 4.69) is 25.1 Å². The van der Waals surface area contributed by atoms with Crippen molar-refractivity contribution in [2.75, 3.05) is 13.2 Å². The molecule has 5 rings (SSSR count). The quantitative estimate of drug-likeness (QED) is 0.350. The van der Waals surface area contributed by atoms with E-state index in [1.807, 2.05) is 72.8 Å². The van der Waals surface area contributed by atoms with Crippen molar-refractivity contribution >= 4 is 23.7 Å². The molecule has 0 spiro atoms. The summed E-state index contributed by atoms with van der Waals surface area (Å²) in [5, 5.41) is 6.37. The Kier molecular flexibility index (Phi) is 7.98. The first-order valence-electron chi connectivity index (χ1n) is 13.2. The Balaban J connectivity index is 1.30. The highest BCUT2D eigenvalue weighted by molar-refractivity contribution is 6.08. The summed E-state index contributed by atoms with van der Waals surface area (Å²) in [7, 11) is 0. The third-order valence-corrected chi connectivity index (χ3v) is 7.08. The highest BCUT2D eigenvalue weighted by atomic mass is 16.6. The third-order valence-electron chi connectivity index (χ3n) is 7.08. The van der Waals surface area contributed by atoms with Crippen LogP contribution in [0.2, 0.25) is 0 Å². The fraction of sp³-hybridized carbons (Fsp3) is 0.281. The van der Waals surface area contributed by atoms with Crippen LogP contribution in [0, 0.1) is 5.92 Å². The first-order valence-corrected chi connectivity index (χ1v) is 13.2. The summed E-state index contributed by atoms with van der Waals surface area (Å²) in [5.74, 6) is -0.263. The number of hydrogen-bond donors (Lipinski definition) is 0. The number of hydrogen-bond acceptors (Lipinski definition) is 5. The van der Waals surface area contributed by atoms with Crippen LogP contribution >= 0.6 is 0 Å². The molecular formula is C32H32N2O4. The molecular weight excluding hydrogens is 476 g/mol. The van der Waals surface area contributed by atoms with Gasteiger partial charge in [-0.15, -0.1) is 0 Å². The number of carbonyl (C=O) groups is 2. The highest BCUT2D eigenvalue weighted by Gasteiger charge is 2.43. The van der Waals surface area contributed by atoms with Gasteiger partial charge in [0.05, 0.1) is 11.8 Å². The van der Waals surface area contributed by atoms with Crippen molar-refractivity contribution in [1.29, 1.82) is 0 Å². The molecule has 1 amide bonds. The number of allylic oxidation sites excluding steroid dienone is 1. The zero-order chi connectivity index (χ0) is 26.3. The number of fused-ring (bicyclic) bond motifs is 1. The van der Waals surface area contributed by atoms with Crippen LogP contribution in [0.1, 0.15) is 48.9 Å². The molecule has 2 aliphatic rings. The lowest BCUT2D eigenvalue weighted by atomic mass is 9.77. The first kappa shape index (κ1) is 25.5. The summed E-state index contributed by atoms with van der Waals surface area (Å²) in [6, 6.07) is 27.5. The molecule has 194 valence electrons. The molecule has 3 aromatic rings. The van der Waals surface area contributed by atoms with Gasteiger partial charge in [-0.3, -0.25) is 4.79 Å². The smallest absolute Gasteiger partial charge is 0.344 e. The molecule has 0 aromatic heterocycles. The molecule has 2 unspecified atom stereocenters. The second-order valence-electron chi connectivity index (χ2n) is 9.60. The van der Waals surface area contributed by atoms with E-state index in [4.69, 9.17) is 14.6 Å². The zero-order valence-electron chi connectivity index (χ0n) is 21.6. The summed E-state index contributed by atoms with van der Waals surface area (Å²) in [5.41, 5.74) is 5.43. The summed E-state index contributed by atoms with van der Waals surface area (Å²) in [4.78, 5) is 25.7. The predicted molar refractivity (Wildman–Crippen MR) is 147 cm³/mol. The third kappa shape index (κ3) is 5.86. The normalized spacial score (nSPS) is 19.6. The van der Waals surface area contributed by atoms with E-state index in [-0.39, 0.29) is 31.1 Å². The fourth-order valence-corrected chi connectivity index (χ4v) is 5.15. The maximum atomic E-state index is 13.4. The Morgan fingerprint density at radius 3 is 2.37 bits per heavy atom. The maximum Gasteiger partial charge on any atom is 0.344 e. The lowest BCUT2D eigenvalue weighted by Crippen LogP contribution is -2.35. The van der Waals surface area contributed by atoms with Crippen molar-refractivity contribution in [2.24, 2.45) is 11.0 Å². The van der Waals surface area contributed by atoms with Crippen molar-refractivity contribution in [1.82, 2.24) is 5.01 Å². The van der Waals surface area contributed by atoms with E-state index in [1.165, 1.54) is 10.6 Å². The van der Waals surface area contributed by atoms with E-state index in [9.17, 15) is 9.59 Å². The zero-order valence-corrected chi connectivity index (χ0v) is 21.6. The minimum absolute atomic E-state index is 0.0928. The Labute approximate surface area is 223 Å². The molecule has 0 radical (unpaired) electrons. The number of amides is 1. The number of carbonyl (C=O) groups excluding carboxylic acids is 2. The molecule has 0 saturated heterocycles. The Hall–Kier alpha value is -4.19. The second kappa shape index (κ2) is 11.9. The molecule has 1 aliphatic carbocycles. The number of hydrazone groups is 1. The van der Waals surface area contributed by atoms with Crippen LogP contribution < -0.4 is 4.74 Å². The number of benzene rings is 3. The van der Waals surface area contributed by atoms with Crippen molar-refractivity contribution in [3.63, 3.8) is 0 Å². The van der Waals surface area contributed by atoms with Crippen LogP contribution in [-0.2, 0) is 20.7 Å². The lowest BCUT2D eigenvalue weighted by molar-refractivity contribution is -0.154. The van der Waals surface area contributed by atoms with Gasteiger partial charge in [0.2, 0.25) is 0 Å². The van der Waals surface area contributed by atoms with Crippen LogP contribution in [0.15, 0.2) is 95.6 Å². The van der Waals surface area contributed by atoms with Gasteiger partial charge in [-0.25, -0.2) is 9.80 Å². The van der Waals surface area contributed by atoms with Crippen LogP contribution in [0.25, 0.3) is 6.08 Å². The first-order chi connectivity index (χ1) is 18.6. The minimum atomic E-state index is -0.594. The number of aryl methyl sites for hydroxylation is 1. The molecule has 1 fully saturated rings. The van der Waals surface area contributed by atoms with Gasteiger partial charge in [0.15, 0.2) is 13.2 Å². The fourth-order valence-electron chi connectivity index (χ4n) is 5.15. The topological polar surface area (TPSA) is 68.2 Å². The number of rotatable bonds is 8. The number of ether oxygens (including phenoxy) is 2. The van der Waals surface area contributed by atoms with E-state index in [0.717, 1.165) is 48.1 Å². The van der Waals surface area contributed by atoms with Gasteiger partial charge in [0.1, 0.15) is 5.75 Å². The van der Waals surface area contributed by atoms with E-state index in [1.54, 1.807) is 0 Å². The number of nitrogens with zero attached hydrogens (tertiary/aromatic N) is 2. The van der Waals surface area contributed by atoms with Crippen LogP contribution in [0.4, 0.5) is 0 Å². The van der Waals surface area contributed by atoms with E-state index in [0.29, 0.717) is 5.75 Å². The van der Waals surface area contributed by atoms with E-state index >= 15 is 0 Å². The van der Waals surface area contributed by atoms with Crippen molar-refractivity contribution in [3.8, 4) is 5.75 Å². The molecule has 2 atom stereocenters. The highest BCUT2D eigenvalue weighted by Crippen LogP contribution is 2.44. The minimum Gasteiger partial charge on any atom is -0.482 e.